The van der Waals surface area contributed by atoms with Gasteiger partial charge in [0.2, 0.25) is 0 Å². The second-order valence-electron chi connectivity index (χ2n) is 4.98. The van der Waals surface area contributed by atoms with Gasteiger partial charge in [0.05, 0.1) is 18.1 Å². The van der Waals surface area contributed by atoms with Gasteiger partial charge < -0.3 is 9.47 Å². The number of esters is 2. The lowest BCUT2D eigenvalue weighted by molar-refractivity contribution is -0.385. The number of aryl methyl sites for hydroxylation is 2. The Morgan fingerprint density at radius 3 is 2.22 bits per heavy atom. The van der Waals surface area contributed by atoms with Crippen LogP contribution in [0.1, 0.15) is 31.4 Å². The molecule has 0 fully saturated rings. The molecule has 0 heterocycles. The number of carbonyl (C=O) groups excluding carboxylic acids is 2. The van der Waals surface area contributed by atoms with Gasteiger partial charge in [0.15, 0.2) is 5.92 Å². The van der Waals surface area contributed by atoms with Gasteiger partial charge in [-0.25, -0.2) is 0 Å². The molecule has 0 spiro atoms. The van der Waals surface area contributed by atoms with E-state index >= 15 is 0 Å². The first-order valence-electron chi connectivity index (χ1n) is 7.47. The Kier molecular flexibility index (Phi) is 7.18. The van der Waals surface area contributed by atoms with Crippen molar-refractivity contribution in [2.24, 2.45) is 5.92 Å². The Morgan fingerprint density at radius 1 is 1.17 bits per heavy atom. The van der Waals surface area contributed by atoms with Gasteiger partial charge in [-0.1, -0.05) is 11.6 Å². The third-order valence-electron chi connectivity index (χ3n) is 3.28. The van der Waals surface area contributed by atoms with E-state index in [1.807, 2.05) is 6.92 Å². The normalized spacial score (nSPS) is 10.4. The Balaban J connectivity index is 2.93. The predicted molar refractivity (Wildman–Crippen MR) is 82.9 cm³/mol. The number of nitrogens with zero attached hydrogens (tertiary/aromatic N) is 1. The van der Waals surface area contributed by atoms with Crippen LogP contribution < -0.4 is 0 Å². The summed E-state index contributed by atoms with van der Waals surface area (Å²) in [5.41, 5.74) is 1.32. The van der Waals surface area contributed by atoms with Gasteiger partial charge in [-0.2, -0.15) is 0 Å². The van der Waals surface area contributed by atoms with Crippen molar-refractivity contribution in [1.29, 1.82) is 0 Å². The van der Waals surface area contributed by atoms with Crippen LogP contribution in [-0.2, 0) is 25.5 Å². The summed E-state index contributed by atoms with van der Waals surface area (Å²) in [6.45, 7) is 5.41. The molecule has 0 saturated carbocycles. The highest BCUT2D eigenvalue weighted by Crippen LogP contribution is 2.23. The Hall–Kier alpha value is -2.44. The summed E-state index contributed by atoms with van der Waals surface area (Å²) in [7, 11) is 0. The average Bonchev–Trinajstić information content (AvgIpc) is 2.47. The number of carbonyl (C=O) groups is 2. The highest BCUT2D eigenvalue weighted by molar-refractivity contribution is 5.94. The molecule has 0 unspecified atom stereocenters. The first-order valence-corrected chi connectivity index (χ1v) is 7.47. The summed E-state index contributed by atoms with van der Waals surface area (Å²) in [5.74, 6) is -2.41. The molecule has 0 aliphatic heterocycles. The number of rotatable bonds is 8. The maximum absolute atomic E-state index is 11.9. The molecule has 0 aliphatic rings. The van der Waals surface area contributed by atoms with Crippen LogP contribution in [-0.4, -0.2) is 30.1 Å². The molecule has 1 aromatic rings. The Morgan fingerprint density at radius 2 is 1.74 bits per heavy atom. The van der Waals surface area contributed by atoms with Crippen molar-refractivity contribution in [3.8, 4) is 0 Å². The van der Waals surface area contributed by atoms with Crippen LogP contribution >= 0.6 is 0 Å². The van der Waals surface area contributed by atoms with E-state index in [1.54, 1.807) is 26.0 Å². The number of nitro groups is 1. The number of hydrogen-bond donors (Lipinski definition) is 0. The smallest absolute Gasteiger partial charge is 0.320 e. The van der Waals surface area contributed by atoms with Crippen molar-refractivity contribution in [3.05, 3.63) is 39.4 Å². The highest BCUT2D eigenvalue weighted by atomic mass is 16.6. The number of hydrogen-bond acceptors (Lipinski definition) is 6. The van der Waals surface area contributed by atoms with Crippen LogP contribution in [0.2, 0.25) is 0 Å². The SMILES string of the molecule is CCOC(=O)C(CCc1cc(C)ccc1[N+](=O)[O-])C(=O)OCC. The lowest BCUT2D eigenvalue weighted by atomic mass is 9.97. The first-order chi connectivity index (χ1) is 10.9. The maximum atomic E-state index is 11.9. The molecule has 0 N–H and O–H groups in total. The van der Waals surface area contributed by atoms with Crippen molar-refractivity contribution < 1.29 is 24.0 Å². The van der Waals surface area contributed by atoms with Crippen LogP contribution in [0.15, 0.2) is 18.2 Å². The Labute approximate surface area is 134 Å². The fourth-order valence-corrected chi connectivity index (χ4v) is 2.21. The zero-order valence-corrected chi connectivity index (χ0v) is 13.5. The summed E-state index contributed by atoms with van der Waals surface area (Å²) in [5, 5.41) is 11.1. The molecule has 0 atom stereocenters. The van der Waals surface area contributed by atoms with Gasteiger partial charge in [0.25, 0.3) is 5.69 Å². The van der Waals surface area contributed by atoms with E-state index in [9.17, 15) is 19.7 Å². The fourth-order valence-electron chi connectivity index (χ4n) is 2.21. The van der Waals surface area contributed by atoms with Gasteiger partial charge in [0, 0.05) is 11.6 Å². The molecule has 0 bridgehead atoms. The molecule has 0 saturated heterocycles. The fraction of sp³-hybridized carbons (Fsp3) is 0.500. The number of ether oxygens (including phenoxy) is 2. The summed E-state index contributed by atoms with van der Waals surface area (Å²) >= 11 is 0. The maximum Gasteiger partial charge on any atom is 0.320 e. The summed E-state index contributed by atoms with van der Waals surface area (Å²) < 4.78 is 9.78. The molecular formula is C16H21NO6. The summed E-state index contributed by atoms with van der Waals surface area (Å²) in [6.07, 6.45) is 0.308. The minimum Gasteiger partial charge on any atom is -0.465 e. The second-order valence-corrected chi connectivity index (χ2v) is 4.98. The average molecular weight is 323 g/mol. The third-order valence-corrected chi connectivity index (χ3v) is 3.28. The minimum atomic E-state index is -1.07. The molecule has 0 amide bonds. The zero-order chi connectivity index (χ0) is 17.4. The molecule has 7 heteroatoms. The molecule has 126 valence electrons. The standard InChI is InChI=1S/C16H21NO6/c1-4-22-15(18)13(16(19)23-5-2)8-7-12-10-11(3)6-9-14(12)17(20)21/h6,9-10,13H,4-5,7-8H2,1-3H3. The zero-order valence-electron chi connectivity index (χ0n) is 13.5. The van der Waals surface area contributed by atoms with E-state index in [0.29, 0.717) is 5.56 Å². The van der Waals surface area contributed by atoms with Crippen molar-refractivity contribution >= 4 is 17.6 Å². The van der Waals surface area contributed by atoms with E-state index in [-0.39, 0.29) is 31.7 Å². The van der Waals surface area contributed by atoms with Crippen LogP contribution in [0.25, 0.3) is 0 Å². The molecule has 1 aromatic carbocycles. The van der Waals surface area contributed by atoms with Crippen LogP contribution in [0.5, 0.6) is 0 Å². The summed E-state index contributed by atoms with van der Waals surface area (Å²) in [6, 6.07) is 4.76. The van der Waals surface area contributed by atoms with Crippen LogP contribution in [0.3, 0.4) is 0 Å². The lowest BCUT2D eigenvalue weighted by Gasteiger charge is -2.14. The predicted octanol–water partition coefficient (Wildman–Crippen LogP) is 2.58. The van der Waals surface area contributed by atoms with Crippen molar-refractivity contribution in [1.82, 2.24) is 0 Å². The number of benzene rings is 1. The van der Waals surface area contributed by atoms with Gasteiger partial charge in [-0.05, 0) is 39.7 Å². The molecule has 0 aromatic heterocycles. The van der Waals surface area contributed by atoms with Crippen molar-refractivity contribution in [2.45, 2.75) is 33.6 Å². The van der Waals surface area contributed by atoms with E-state index in [2.05, 4.69) is 0 Å². The largest absolute Gasteiger partial charge is 0.465 e. The van der Waals surface area contributed by atoms with Gasteiger partial charge >= 0.3 is 11.9 Å². The van der Waals surface area contributed by atoms with E-state index < -0.39 is 22.8 Å². The molecule has 23 heavy (non-hydrogen) atoms. The number of nitro benzene ring substituents is 1. The molecular weight excluding hydrogens is 302 g/mol. The third kappa shape index (κ3) is 5.36. The van der Waals surface area contributed by atoms with Crippen LogP contribution in [0.4, 0.5) is 5.69 Å². The molecule has 0 aliphatic carbocycles. The second kappa shape index (κ2) is 8.87. The first kappa shape index (κ1) is 18.6. The minimum absolute atomic E-state index is 0.0259. The summed E-state index contributed by atoms with van der Waals surface area (Å²) in [4.78, 5) is 34.4. The van der Waals surface area contributed by atoms with Crippen LogP contribution in [0, 0.1) is 23.0 Å². The molecule has 1 rings (SSSR count). The molecule has 7 nitrogen and oxygen atoms in total. The topological polar surface area (TPSA) is 95.7 Å². The van der Waals surface area contributed by atoms with Gasteiger partial charge in [0.1, 0.15) is 0 Å². The van der Waals surface area contributed by atoms with Gasteiger partial charge in [-0.3, -0.25) is 19.7 Å². The highest BCUT2D eigenvalue weighted by Gasteiger charge is 2.30. The van der Waals surface area contributed by atoms with Crippen molar-refractivity contribution in [3.63, 3.8) is 0 Å². The van der Waals surface area contributed by atoms with E-state index in [1.165, 1.54) is 6.07 Å². The molecule has 0 radical (unpaired) electrons. The van der Waals surface area contributed by atoms with Gasteiger partial charge in [-0.15, -0.1) is 0 Å². The quantitative estimate of drug-likeness (QED) is 0.316. The Bertz CT molecular complexity index is 566. The lowest BCUT2D eigenvalue weighted by Crippen LogP contribution is -2.28. The van der Waals surface area contributed by atoms with Crippen molar-refractivity contribution in [2.75, 3.05) is 13.2 Å². The monoisotopic (exact) mass is 323 g/mol. The van der Waals surface area contributed by atoms with E-state index in [4.69, 9.17) is 9.47 Å². The van der Waals surface area contributed by atoms with E-state index in [0.717, 1.165) is 5.56 Å².